The van der Waals surface area contributed by atoms with Gasteiger partial charge in [-0.1, -0.05) is 12.1 Å². The van der Waals surface area contributed by atoms with Gasteiger partial charge in [0.15, 0.2) is 11.6 Å². The second-order valence-corrected chi connectivity index (χ2v) is 8.49. The molecule has 0 spiro atoms. The van der Waals surface area contributed by atoms with E-state index in [0.717, 1.165) is 12.0 Å². The van der Waals surface area contributed by atoms with Crippen molar-refractivity contribution in [3.05, 3.63) is 52.0 Å². The standard InChI is InChI=1S/C23H29FN2O5S/c1-29-12-5-10-25(23(28)16-30-2)14-22(27)26-11-8-21-17(9-13-32-21)19(26)15-31-20-7-4-3-6-18(20)24/h3-4,6-7,9,13,19H,5,8,10-12,14-16H2,1-2H3/t19-/m0/s1. The summed E-state index contributed by atoms with van der Waals surface area (Å²) in [7, 11) is 3.05. The molecule has 1 aliphatic heterocycles. The van der Waals surface area contributed by atoms with Crippen molar-refractivity contribution >= 4 is 23.2 Å². The third-order valence-corrected chi connectivity index (χ3v) is 6.37. The normalized spacial score (nSPS) is 15.3. The molecule has 3 rings (SSSR count). The fraction of sp³-hybridized carbons (Fsp3) is 0.478. The van der Waals surface area contributed by atoms with Crippen molar-refractivity contribution in [3.63, 3.8) is 0 Å². The smallest absolute Gasteiger partial charge is 0.249 e. The zero-order valence-electron chi connectivity index (χ0n) is 18.4. The number of hydrogen-bond acceptors (Lipinski definition) is 6. The molecule has 32 heavy (non-hydrogen) atoms. The lowest BCUT2D eigenvalue weighted by Gasteiger charge is -2.37. The lowest BCUT2D eigenvalue weighted by atomic mass is 10.0. The van der Waals surface area contributed by atoms with Crippen molar-refractivity contribution in [1.82, 2.24) is 9.80 Å². The lowest BCUT2D eigenvalue weighted by Crippen LogP contribution is -2.48. The number of rotatable bonds is 11. The molecular weight excluding hydrogens is 435 g/mol. The number of fused-ring (bicyclic) bond motifs is 1. The lowest BCUT2D eigenvalue weighted by molar-refractivity contribution is -0.144. The Balaban J connectivity index is 1.74. The third kappa shape index (κ3) is 6.05. The zero-order chi connectivity index (χ0) is 22.9. The third-order valence-electron chi connectivity index (χ3n) is 5.37. The quantitative estimate of drug-likeness (QED) is 0.479. The van der Waals surface area contributed by atoms with E-state index < -0.39 is 5.82 Å². The van der Waals surface area contributed by atoms with Gasteiger partial charge >= 0.3 is 0 Å². The molecule has 174 valence electrons. The Labute approximate surface area is 191 Å². The molecule has 0 aliphatic carbocycles. The molecule has 0 fully saturated rings. The molecule has 2 aromatic rings. The van der Waals surface area contributed by atoms with Crippen LogP contribution >= 0.6 is 11.3 Å². The Morgan fingerprint density at radius 2 is 2.03 bits per heavy atom. The van der Waals surface area contributed by atoms with E-state index in [1.807, 2.05) is 11.4 Å². The van der Waals surface area contributed by atoms with Crippen LogP contribution in [0.15, 0.2) is 35.7 Å². The molecule has 7 nitrogen and oxygen atoms in total. The van der Waals surface area contributed by atoms with Crippen molar-refractivity contribution < 1.29 is 28.2 Å². The Hall–Kier alpha value is -2.49. The van der Waals surface area contributed by atoms with Crippen LogP contribution < -0.4 is 4.74 Å². The summed E-state index contributed by atoms with van der Waals surface area (Å²) >= 11 is 1.64. The summed E-state index contributed by atoms with van der Waals surface area (Å²) in [5.41, 5.74) is 1.01. The van der Waals surface area contributed by atoms with Crippen LogP contribution in [-0.4, -0.2) is 75.3 Å². The van der Waals surface area contributed by atoms with Gasteiger partial charge in [0.2, 0.25) is 11.8 Å². The second-order valence-electron chi connectivity index (χ2n) is 7.49. The maximum absolute atomic E-state index is 14.0. The predicted molar refractivity (Wildman–Crippen MR) is 119 cm³/mol. The first-order valence-electron chi connectivity index (χ1n) is 10.5. The van der Waals surface area contributed by atoms with Crippen LogP contribution in [0.3, 0.4) is 0 Å². The number of halogens is 1. The van der Waals surface area contributed by atoms with Crippen molar-refractivity contribution in [2.75, 3.05) is 53.7 Å². The number of ether oxygens (including phenoxy) is 3. The maximum atomic E-state index is 14.0. The van der Waals surface area contributed by atoms with Crippen LogP contribution in [0.1, 0.15) is 22.9 Å². The predicted octanol–water partition coefficient (Wildman–Crippen LogP) is 2.90. The minimum Gasteiger partial charge on any atom is -0.488 e. The highest BCUT2D eigenvalue weighted by Crippen LogP contribution is 2.34. The fourth-order valence-electron chi connectivity index (χ4n) is 3.77. The molecule has 0 saturated heterocycles. The van der Waals surface area contributed by atoms with Gasteiger partial charge in [-0.25, -0.2) is 4.39 Å². The van der Waals surface area contributed by atoms with E-state index in [2.05, 4.69) is 0 Å². The molecule has 0 bridgehead atoms. The zero-order valence-corrected chi connectivity index (χ0v) is 19.2. The summed E-state index contributed by atoms with van der Waals surface area (Å²) in [5, 5.41) is 1.99. The topological polar surface area (TPSA) is 68.3 Å². The monoisotopic (exact) mass is 464 g/mol. The second kappa shape index (κ2) is 11.9. The summed E-state index contributed by atoms with van der Waals surface area (Å²) in [6.45, 7) is 1.40. The average molecular weight is 465 g/mol. The average Bonchev–Trinajstić information content (AvgIpc) is 3.27. The summed E-state index contributed by atoms with van der Waals surface area (Å²) in [4.78, 5) is 30.2. The largest absolute Gasteiger partial charge is 0.488 e. The SMILES string of the molecule is COCCCN(CC(=O)N1CCc2sccc2[C@@H]1COc1ccccc1F)C(=O)COC. The number of carbonyl (C=O) groups is 2. The van der Waals surface area contributed by atoms with Gasteiger partial charge in [0.1, 0.15) is 13.2 Å². The van der Waals surface area contributed by atoms with E-state index in [9.17, 15) is 14.0 Å². The number of methoxy groups -OCH3 is 2. The highest BCUT2D eigenvalue weighted by Gasteiger charge is 2.33. The van der Waals surface area contributed by atoms with Crippen LogP contribution in [0, 0.1) is 5.82 Å². The van der Waals surface area contributed by atoms with Crippen LogP contribution in [0.25, 0.3) is 0 Å². The minimum absolute atomic E-state index is 0.0540. The van der Waals surface area contributed by atoms with Crippen molar-refractivity contribution in [3.8, 4) is 5.75 Å². The van der Waals surface area contributed by atoms with E-state index in [-0.39, 0.29) is 43.4 Å². The van der Waals surface area contributed by atoms with Gasteiger partial charge in [0.05, 0.1) is 12.6 Å². The molecule has 1 aliphatic rings. The Morgan fingerprint density at radius 1 is 1.22 bits per heavy atom. The molecule has 0 saturated carbocycles. The Morgan fingerprint density at radius 3 is 2.78 bits per heavy atom. The fourth-order valence-corrected chi connectivity index (χ4v) is 4.69. The molecule has 0 unspecified atom stereocenters. The van der Waals surface area contributed by atoms with E-state index >= 15 is 0 Å². The summed E-state index contributed by atoms with van der Waals surface area (Å²) in [5.74, 6) is -0.713. The number of benzene rings is 1. The van der Waals surface area contributed by atoms with Crippen LogP contribution in [0.4, 0.5) is 4.39 Å². The van der Waals surface area contributed by atoms with E-state index in [4.69, 9.17) is 14.2 Å². The van der Waals surface area contributed by atoms with Crippen LogP contribution in [0.5, 0.6) is 5.75 Å². The summed E-state index contributed by atoms with van der Waals surface area (Å²) in [6.07, 6.45) is 1.36. The molecule has 2 amide bonds. The van der Waals surface area contributed by atoms with Gasteiger partial charge in [-0.3, -0.25) is 9.59 Å². The highest BCUT2D eigenvalue weighted by atomic mass is 32.1. The number of amides is 2. The van der Waals surface area contributed by atoms with Crippen molar-refractivity contribution in [2.24, 2.45) is 0 Å². The Kier molecular flexibility index (Phi) is 9.01. The van der Waals surface area contributed by atoms with Gasteiger partial charge in [-0.05, 0) is 42.0 Å². The van der Waals surface area contributed by atoms with Gasteiger partial charge in [-0.15, -0.1) is 11.3 Å². The maximum Gasteiger partial charge on any atom is 0.249 e. The van der Waals surface area contributed by atoms with E-state index in [1.54, 1.807) is 41.5 Å². The van der Waals surface area contributed by atoms with E-state index in [0.29, 0.717) is 26.1 Å². The number of carbonyl (C=O) groups excluding carboxylic acids is 2. The van der Waals surface area contributed by atoms with Gasteiger partial charge in [-0.2, -0.15) is 0 Å². The molecule has 0 radical (unpaired) electrons. The molecule has 1 aromatic carbocycles. The minimum atomic E-state index is -0.443. The molecule has 9 heteroatoms. The molecule has 1 atom stereocenters. The van der Waals surface area contributed by atoms with Crippen molar-refractivity contribution in [1.29, 1.82) is 0 Å². The Bertz CT molecular complexity index is 906. The first-order valence-corrected chi connectivity index (χ1v) is 11.4. The number of thiophene rings is 1. The van der Waals surface area contributed by atoms with Crippen LogP contribution in [-0.2, 0) is 25.5 Å². The molecule has 0 N–H and O–H groups in total. The van der Waals surface area contributed by atoms with Gasteiger partial charge in [0, 0.05) is 38.8 Å². The summed E-state index contributed by atoms with van der Waals surface area (Å²) < 4.78 is 29.9. The number of para-hydroxylation sites is 1. The van der Waals surface area contributed by atoms with Gasteiger partial charge < -0.3 is 24.0 Å². The number of hydrogen-bond donors (Lipinski definition) is 0. The molecular formula is C23H29FN2O5S. The van der Waals surface area contributed by atoms with Gasteiger partial charge in [0.25, 0.3) is 0 Å². The van der Waals surface area contributed by atoms with Crippen molar-refractivity contribution in [2.45, 2.75) is 18.9 Å². The molecule has 2 heterocycles. The first-order chi connectivity index (χ1) is 15.5. The molecule has 1 aromatic heterocycles. The summed E-state index contributed by atoms with van der Waals surface area (Å²) in [6, 6.07) is 7.85. The van der Waals surface area contributed by atoms with E-state index in [1.165, 1.54) is 23.0 Å². The number of nitrogens with zero attached hydrogens (tertiary/aromatic N) is 2. The van der Waals surface area contributed by atoms with Crippen LogP contribution in [0.2, 0.25) is 0 Å². The highest BCUT2D eigenvalue weighted by molar-refractivity contribution is 7.10. The first kappa shape index (κ1) is 24.2.